The minimum atomic E-state index is -0.881. The second-order valence-corrected chi connectivity index (χ2v) is 5.81. The summed E-state index contributed by atoms with van der Waals surface area (Å²) in [5.41, 5.74) is 3.14. The summed E-state index contributed by atoms with van der Waals surface area (Å²) in [6, 6.07) is 4.11. The fourth-order valence-corrected chi connectivity index (χ4v) is 2.88. The van der Waals surface area contributed by atoms with Crippen molar-refractivity contribution < 1.29 is 28.3 Å². The molecular formula is C19H19FN4O5. The van der Waals surface area contributed by atoms with Gasteiger partial charge in [0, 0.05) is 6.20 Å². The third-order valence-electron chi connectivity index (χ3n) is 4.10. The number of benzene rings is 1. The van der Waals surface area contributed by atoms with Crippen LogP contribution in [-0.2, 0) is 16.0 Å². The second-order valence-electron chi connectivity index (χ2n) is 5.81. The number of hydrogen-bond acceptors (Lipinski definition) is 7. The van der Waals surface area contributed by atoms with Crippen LogP contribution in [0.1, 0.15) is 40.1 Å². The van der Waals surface area contributed by atoms with Gasteiger partial charge in [-0.3, -0.25) is 9.63 Å². The van der Waals surface area contributed by atoms with Crippen molar-refractivity contribution in [2.45, 2.75) is 20.3 Å². The Morgan fingerprint density at radius 3 is 2.72 bits per heavy atom. The first-order chi connectivity index (χ1) is 14.0. The maximum Gasteiger partial charge on any atom is 0.340 e. The van der Waals surface area contributed by atoms with E-state index in [4.69, 9.17) is 9.47 Å². The quantitative estimate of drug-likeness (QED) is 0.479. The number of amides is 1. The van der Waals surface area contributed by atoms with Gasteiger partial charge in [-0.05, 0) is 31.0 Å². The Labute approximate surface area is 165 Å². The first-order valence-electron chi connectivity index (χ1n) is 8.83. The van der Waals surface area contributed by atoms with Crippen LogP contribution in [0.3, 0.4) is 0 Å². The van der Waals surface area contributed by atoms with Gasteiger partial charge in [-0.2, -0.15) is 10.1 Å². The smallest absolute Gasteiger partial charge is 0.340 e. The number of rotatable bonds is 7. The Morgan fingerprint density at radius 2 is 2.03 bits per heavy atom. The molecule has 0 unspecified atom stereocenters. The molecule has 10 heteroatoms. The molecule has 1 N–H and O–H groups in total. The maximum atomic E-state index is 14.8. The lowest BCUT2D eigenvalue weighted by Gasteiger charge is -2.10. The van der Waals surface area contributed by atoms with E-state index in [0.29, 0.717) is 23.1 Å². The molecule has 2 heterocycles. The summed E-state index contributed by atoms with van der Waals surface area (Å²) in [4.78, 5) is 32.8. The number of fused-ring (bicyclic) bond motifs is 1. The number of esters is 1. The van der Waals surface area contributed by atoms with Gasteiger partial charge in [0.15, 0.2) is 11.6 Å². The Balaban J connectivity index is 2.07. The summed E-state index contributed by atoms with van der Waals surface area (Å²) < 4.78 is 27.0. The normalized spacial score (nSPS) is 10.8. The predicted octanol–water partition coefficient (Wildman–Crippen LogP) is 2.69. The van der Waals surface area contributed by atoms with Crippen molar-refractivity contribution in [1.29, 1.82) is 0 Å². The molecule has 1 aromatic carbocycles. The molecule has 0 saturated heterocycles. The van der Waals surface area contributed by atoms with Gasteiger partial charge in [0.05, 0.1) is 24.8 Å². The molecule has 9 nitrogen and oxygen atoms in total. The molecule has 0 aliphatic heterocycles. The Bertz CT molecular complexity index is 1070. The van der Waals surface area contributed by atoms with E-state index in [1.54, 1.807) is 6.92 Å². The lowest BCUT2D eigenvalue weighted by Crippen LogP contribution is -2.23. The summed E-state index contributed by atoms with van der Waals surface area (Å²) in [6.07, 6.45) is 3.20. The number of hydroxylamine groups is 1. The van der Waals surface area contributed by atoms with Crippen LogP contribution in [0.2, 0.25) is 0 Å². The van der Waals surface area contributed by atoms with Crippen molar-refractivity contribution in [3.63, 3.8) is 0 Å². The molecule has 152 valence electrons. The predicted molar refractivity (Wildman–Crippen MR) is 99.3 cm³/mol. The number of hydrogen-bond donors (Lipinski definition) is 1. The highest BCUT2D eigenvalue weighted by Gasteiger charge is 2.23. The molecule has 2 aromatic heterocycles. The standard InChI is InChI=1S/C19H19FN4O5/c1-4-11-13(19(26)28-5-2)9-24-16(11)18(21-10-22-24)29-14-8-6-7-12(15(14)20)17(25)23-27-3/h6-10H,4-5H2,1-3H3,(H,23,25). The SMILES string of the molecule is CCOC(=O)c1cn2ncnc(Oc3cccc(C(=O)NOC)c3F)c2c1CC. The Kier molecular flexibility index (Phi) is 6.03. The molecular weight excluding hydrogens is 383 g/mol. The third kappa shape index (κ3) is 3.87. The molecule has 3 rings (SSSR count). The number of nitrogens with zero attached hydrogens (tertiary/aromatic N) is 3. The maximum absolute atomic E-state index is 14.8. The number of ether oxygens (including phenoxy) is 2. The van der Waals surface area contributed by atoms with E-state index in [1.807, 2.05) is 6.92 Å². The largest absolute Gasteiger partial charge is 0.462 e. The van der Waals surface area contributed by atoms with Crippen LogP contribution in [0.5, 0.6) is 11.6 Å². The van der Waals surface area contributed by atoms with Crippen molar-refractivity contribution >= 4 is 17.4 Å². The van der Waals surface area contributed by atoms with Gasteiger partial charge in [0.25, 0.3) is 5.91 Å². The minimum Gasteiger partial charge on any atom is -0.462 e. The first-order valence-corrected chi connectivity index (χ1v) is 8.83. The molecule has 0 radical (unpaired) electrons. The van der Waals surface area contributed by atoms with Gasteiger partial charge >= 0.3 is 5.97 Å². The van der Waals surface area contributed by atoms with Crippen LogP contribution in [0.25, 0.3) is 5.52 Å². The van der Waals surface area contributed by atoms with Crippen molar-refractivity contribution in [2.24, 2.45) is 0 Å². The van der Waals surface area contributed by atoms with E-state index in [1.165, 1.54) is 42.3 Å². The number of aryl methyl sites for hydroxylation is 1. The van der Waals surface area contributed by atoms with Gasteiger partial charge in [-0.25, -0.2) is 19.2 Å². The van der Waals surface area contributed by atoms with Crippen LogP contribution < -0.4 is 10.2 Å². The summed E-state index contributed by atoms with van der Waals surface area (Å²) >= 11 is 0. The van der Waals surface area contributed by atoms with E-state index < -0.39 is 17.7 Å². The van der Waals surface area contributed by atoms with Gasteiger partial charge in [0.1, 0.15) is 11.8 Å². The van der Waals surface area contributed by atoms with E-state index >= 15 is 0 Å². The van der Waals surface area contributed by atoms with Crippen molar-refractivity contribution in [2.75, 3.05) is 13.7 Å². The number of carbonyl (C=O) groups is 2. The third-order valence-corrected chi connectivity index (χ3v) is 4.10. The number of aromatic nitrogens is 3. The average molecular weight is 402 g/mol. The summed E-state index contributed by atoms with van der Waals surface area (Å²) in [6.45, 7) is 3.79. The number of nitrogens with one attached hydrogen (secondary N) is 1. The van der Waals surface area contributed by atoms with E-state index in [2.05, 4.69) is 20.4 Å². The van der Waals surface area contributed by atoms with E-state index in [-0.39, 0.29) is 23.8 Å². The highest BCUT2D eigenvalue weighted by molar-refractivity contribution is 5.95. The van der Waals surface area contributed by atoms with Crippen molar-refractivity contribution in [1.82, 2.24) is 20.1 Å². The van der Waals surface area contributed by atoms with Gasteiger partial charge in [-0.15, -0.1) is 0 Å². The molecule has 0 atom stereocenters. The van der Waals surface area contributed by atoms with E-state index in [9.17, 15) is 14.0 Å². The summed E-state index contributed by atoms with van der Waals surface area (Å²) in [5, 5.41) is 4.09. The van der Waals surface area contributed by atoms with Crippen LogP contribution in [0.4, 0.5) is 4.39 Å². The highest BCUT2D eigenvalue weighted by atomic mass is 19.1. The highest BCUT2D eigenvalue weighted by Crippen LogP contribution is 2.31. The molecule has 0 fully saturated rings. The molecule has 0 spiro atoms. The molecule has 0 aliphatic rings. The van der Waals surface area contributed by atoms with Gasteiger partial charge in [0.2, 0.25) is 5.88 Å². The second kappa shape index (κ2) is 8.65. The molecule has 3 aromatic rings. The molecule has 29 heavy (non-hydrogen) atoms. The van der Waals surface area contributed by atoms with Crippen LogP contribution in [0.15, 0.2) is 30.7 Å². The molecule has 0 bridgehead atoms. The Morgan fingerprint density at radius 1 is 1.24 bits per heavy atom. The van der Waals surface area contributed by atoms with E-state index in [0.717, 1.165) is 0 Å². The summed E-state index contributed by atoms with van der Waals surface area (Å²) in [7, 11) is 1.24. The van der Waals surface area contributed by atoms with Gasteiger partial charge < -0.3 is 9.47 Å². The van der Waals surface area contributed by atoms with Crippen LogP contribution in [-0.4, -0.2) is 40.2 Å². The monoisotopic (exact) mass is 402 g/mol. The topological polar surface area (TPSA) is 104 Å². The van der Waals surface area contributed by atoms with Gasteiger partial charge in [-0.1, -0.05) is 13.0 Å². The molecule has 1 amide bonds. The van der Waals surface area contributed by atoms with Crippen molar-refractivity contribution in [3.05, 3.63) is 53.2 Å². The van der Waals surface area contributed by atoms with Crippen molar-refractivity contribution in [3.8, 4) is 11.6 Å². The fourth-order valence-electron chi connectivity index (χ4n) is 2.88. The zero-order chi connectivity index (χ0) is 21.0. The minimum absolute atomic E-state index is 0.0376. The lowest BCUT2D eigenvalue weighted by atomic mass is 10.1. The van der Waals surface area contributed by atoms with Crippen LogP contribution in [0, 0.1) is 5.82 Å². The zero-order valence-corrected chi connectivity index (χ0v) is 16.1. The fraction of sp³-hybridized carbons (Fsp3) is 0.263. The molecule has 0 saturated carbocycles. The zero-order valence-electron chi connectivity index (χ0n) is 16.1. The first kappa shape index (κ1) is 20.2. The number of carbonyl (C=O) groups excluding carboxylic acids is 2. The summed E-state index contributed by atoms with van der Waals surface area (Å²) in [5.74, 6) is -2.31. The lowest BCUT2D eigenvalue weighted by molar-refractivity contribution is 0.0521. The average Bonchev–Trinajstić information content (AvgIpc) is 3.09. The van der Waals surface area contributed by atoms with Crippen LogP contribution >= 0.6 is 0 Å². The molecule has 0 aliphatic carbocycles. The number of halogens is 1. The Hall–Kier alpha value is -3.53.